The van der Waals surface area contributed by atoms with Crippen LogP contribution < -0.4 is 4.90 Å². The van der Waals surface area contributed by atoms with Gasteiger partial charge in [0.05, 0.1) is 0 Å². The summed E-state index contributed by atoms with van der Waals surface area (Å²) in [6.07, 6.45) is 0. The van der Waals surface area contributed by atoms with E-state index in [9.17, 15) is 0 Å². The number of benzene rings is 2. The third kappa shape index (κ3) is 3.17. The highest BCUT2D eigenvalue weighted by atomic mass is 15.2. The van der Waals surface area contributed by atoms with Crippen LogP contribution in [-0.2, 0) is 0 Å². The Labute approximate surface area is 116 Å². The summed E-state index contributed by atoms with van der Waals surface area (Å²) < 4.78 is 0. The SMILES string of the molecule is CC(C)c1ccc(N(c2ccccc2)C(C)C)cc1. The molecule has 1 nitrogen and oxygen atoms in total. The van der Waals surface area contributed by atoms with E-state index in [0.29, 0.717) is 12.0 Å². The predicted molar refractivity (Wildman–Crippen MR) is 84.2 cm³/mol. The molecule has 19 heavy (non-hydrogen) atoms. The first-order chi connectivity index (χ1) is 9.09. The maximum atomic E-state index is 2.37. The third-order valence-electron chi connectivity index (χ3n) is 3.39. The molecule has 1 heteroatoms. The van der Waals surface area contributed by atoms with Crippen molar-refractivity contribution < 1.29 is 0 Å². The lowest BCUT2D eigenvalue weighted by atomic mass is 10.0. The molecule has 2 aromatic carbocycles. The fourth-order valence-corrected chi connectivity index (χ4v) is 2.35. The summed E-state index contributed by atoms with van der Waals surface area (Å²) in [5.41, 5.74) is 3.89. The zero-order chi connectivity index (χ0) is 13.8. The highest BCUT2D eigenvalue weighted by Crippen LogP contribution is 2.28. The molecule has 0 saturated carbocycles. The summed E-state index contributed by atoms with van der Waals surface area (Å²) in [6.45, 7) is 8.91. The van der Waals surface area contributed by atoms with Crippen LogP contribution in [0.5, 0.6) is 0 Å². The molecule has 0 unspecified atom stereocenters. The number of anilines is 2. The molecule has 2 aromatic rings. The van der Waals surface area contributed by atoms with Crippen molar-refractivity contribution in [1.29, 1.82) is 0 Å². The zero-order valence-corrected chi connectivity index (χ0v) is 12.3. The number of nitrogens with zero attached hydrogens (tertiary/aromatic N) is 1. The van der Waals surface area contributed by atoms with Crippen LogP contribution in [0.1, 0.15) is 39.2 Å². The van der Waals surface area contributed by atoms with E-state index in [0.717, 1.165) is 0 Å². The van der Waals surface area contributed by atoms with Gasteiger partial charge in [0.25, 0.3) is 0 Å². The van der Waals surface area contributed by atoms with E-state index in [2.05, 4.69) is 87.2 Å². The van der Waals surface area contributed by atoms with Crippen molar-refractivity contribution in [1.82, 2.24) is 0 Å². The van der Waals surface area contributed by atoms with E-state index in [-0.39, 0.29) is 0 Å². The standard InChI is InChI=1S/C18H23N/c1-14(2)16-10-12-18(13-11-16)19(15(3)4)17-8-6-5-7-9-17/h5-15H,1-4H3. The van der Waals surface area contributed by atoms with Gasteiger partial charge in [-0.15, -0.1) is 0 Å². The molecule has 0 aliphatic carbocycles. The maximum absolute atomic E-state index is 2.37. The van der Waals surface area contributed by atoms with Gasteiger partial charge in [-0.2, -0.15) is 0 Å². The Bertz CT molecular complexity index is 497. The van der Waals surface area contributed by atoms with Gasteiger partial charge in [-0.1, -0.05) is 44.2 Å². The first-order valence-electron chi connectivity index (χ1n) is 7.04. The fourth-order valence-electron chi connectivity index (χ4n) is 2.35. The highest BCUT2D eigenvalue weighted by Gasteiger charge is 2.12. The van der Waals surface area contributed by atoms with Crippen molar-refractivity contribution in [2.45, 2.75) is 39.7 Å². The van der Waals surface area contributed by atoms with Crippen LogP contribution >= 0.6 is 0 Å². The van der Waals surface area contributed by atoms with Gasteiger partial charge >= 0.3 is 0 Å². The first kappa shape index (κ1) is 13.7. The summed E-state index contributed by atoms with van der Waals surface area (Å²) in [5, 5.41) is 0. The molecule has 0 N–H and O–H groups in total. The second-order valence-electron chi connectivity index (χ2n) is 5.55. The predicted octanol–water partition coefficient (Wildman–Crippen LogP) is 5.36. The van der Waals surface area contributed by atoms with Crippen molar-refractivity contribution in [3.05, 3.63) is 60.2 Å². The van der Waals surface area contributed by atoms with Crippen LogP contribution in [-0.4, -0.2) is 6.04 Å². The zero-order valence-electron chi connectivity index (χ0n) is 12.3. The fraction of sp³-hybridized carbons (Fsp3) is 0.333. The smallest absolute Gasteiger partial charge is 0.0413 e. The molecular weight excluding hydrogens is 230 g/mol. The molecule has 0 saturated heterocycles. The van der Waals surface area contributed by atoms with Gasteiger partial charge in [0.2, 0.25) is 0 Å². The van der Waals surface area contributed by atoms with Crippen molar-refractivity contribution in [3.63, 3.8) is 0 Å². The second-order valence-corrected chi connectivity index (χ2v) is 5.55. The minimum Gasteiger partial charge on any atom is -0.339 e. The van der Waals surface area contributed by atoms with Crippen LogP contribution in [0, 0.1) is 0 Å². The van der Waals surface area contributed by atoms with E-state index in [4.69, 9.17) is 0 Å². The van der Waals surface area contributed by atoms with Gasteiger partial charge in [0.1, 0.15) is 0 Å². The van der Waals surface area contributed by atoms with Crippen LogP contribution in [0.25, 0.3) is 0 Å². The summed E-state index contributed by atoms with van der Waals surface area (Å²) >= 11 is 0. The molecule has 0 amide bonds. The van der Waals surface area contributed by atoms with Crippen LogP contribution in [0.3, 0.4) is 0 Å². The minimum absolute atomic E-state index is 0.437. The van der Waals surface area contributed by atoms with Crippen LogP contribution in [0.15, 0.2) is 54.6 Å². The molecule has 0 bridgehead atoms. The summed E-state index contributed by atoms with van der Waals surface area (Å²) in [7, 11) is 0. The molecule has 0 heterocycles. The highest BCUT2D eigenvalue weighted by molar-refractivity contribution is 5.64. The lowest BCUT2D eigenvalue weighted by Gasteiger charge is -2.29. The topological polar surface area (TPSA) is 3.24 Å². The minimum atomic E-state index is 0.437. The van der Waals surface area contributed by atoms with Gasteiger partial charge in [-0.05, 0) is 49.6 Å². The Kier molecular flexibility index (Phi) is 4.26. The number of para-hydroxylation sites is 1. The molecule has 0 spiro atoms. The largest absolute Gasteiger partial charge is 0.339 e. The maximum Gasteiger partial charge on any atom is 0.0413 e. The molecule has 0 radical (unpaired) electrons. The average Bonchev–Trinajstić information content (AvgIpc) is 2.40. The molecule has 2 rings (SSSR count). The molecular formula is C18H23N. The van der Waals surface area contributed by atoms with E-state index in [1.54, 1.807) is 0 Å². The van der Waals surface area contributed by atoms with Gasteiger partial charge in [0.15, 0.2) is 0 Å². The molecule has 0 fully saturated rings. The van der Waals surface area contributed by atoms with Gasteiger partial charge in [0, 0.05) is 17.4 Å². The van der Waals surface area contributed by atoms with Crippen LogP contribution in [0.2, 0.25) is 0 Å². The van der Waals surface area contributed by atoms with Gasteiger partial charge < -0.3 is 4.90 Å². The van der Waals surface area contributed by atoms with E-state index >= 15 is 0 Å². The van der Waals surface area contributed by atoms with E-state index < -0.39 is 0 Å². The number of hydrogen-bond acceptors (Lipinski definition) is 1. The third-order valence-corrected chi connectivity index (χ3v) is 3.39. The Morgan fingerprint density at radius 3 is 1.68 bits per heavy atom. The molecule has 0 aromatic heterocycles. The first-order valence-corrected chi connectivity index (χ1v) is 7.04. The molecule has 0 atom stereocenters. The van der Waals surface area contributed by atoms with Crippen molar-refractivity contribution in [2.75, 3.05) is 4.90 Å². The van der Waals surface area contributed by atoms with Crippen molar-refractivity contribution in [3.8, 4) is 0 Å². The van der Waals surface area contributed by atoms with Crippen molar-refractivity contribution >= 4 is 11.4 Å². The Morgan fingerprint density at radius 1 is 0.684 bits per heavy atom. The number of hydrogen-bond donors (Lipinski definition) is 0. The summed E-state index contributed by atoms with van der Waals surface area (Å²) in [4.78, 5) is 2.37. The molecule has 100 valence electrons. The van der Waals surface area contributed by atoms with Crippen LogP contribution in [0.4, 0.5) is 11.4 Å². The quantitative estimate of drug-likeness (QED) is 0.709. The van der Waals surface area contributed by atoms with E-state index in [1.807, 2.05) is 0 Å². The van der Waals surface area contributed by atoms with E-state index in [1.165, 1.54) is 16.9 Å². The Hall–Kier alpha value is -1.76. The normalized spacial score (nSPS) is 11.1. The summed E-state index contributed by atoms with van der Waals surface area (Å²) in [6, 6.07) is 19.9. The summed E-state index contributed by atoms with van der Waals surface area (Å²) in [5.74, 6) is 0.582. The average molecular weight is 253 g/mol. The Morgan fingerprint density at radius 2 is 1.21 bits per heavy atom. The second kappa shape index (κ2) is 5.92. The van der Waals surface area contributed by atoms with Gasteiger partial charge in [-0.25, -0.2) is 0 Å². The number of rotatable bonds is 4. The lowest BCUT2D eigenvalue weighted by molar-refractivity contribution is 0.787. The molecule has 0 aliphatic rings. The Balaban J connectivity index is 2.35. The lowest BCUT2D eigenvalue weighted by Crippen LogP contribution is -2.25. The molecule has 0 aliphatic heterocycles. The van der Waals surface area contributed by atoms with Crippen molar-refractivity contribution in [2.24, 2.45) is 0 Å². The van der Waals surface area contributed by atoms with Gasteiger partial charge in [-0.3, -0.25) is 0 Å². The monoisotopic (exact) mass is 253 g/mol.